The van der Waals surface area contributed by atoms with E-state index < -0.39 is 17.1 Å². The van der Waals surface area contributed by atoms with Crippen molar-refractivity contribution in [3.63, 3.8) is 0 Å². The second-order valence-electron chi connectivity index (χ2n) is 8.59. The van der Waals surface area contributed by atoms with Gasteiger partial charge in [0.2, 0.25) is 0 Å². The predicted molar refractivity (Wildman–Crippen MR) is 142 cm³/mol. The summed E-state index contributed by atoms with van der Waals surface area (Å²) in [4.78, 5) is 32.2. The Morgan fingerprint density at radius 2 is 1.81 bits per heavy atom. The molecule has 0 amide bonds. The van der Waals surface area contributed by atoms with Crippen LogP contribution in [0.25, 0.3) is 0 Å². The van der Waals surface area contributed by atoms with E-state index in [0.717, 1.165) is 4.90 Å². The smallest absolute Gasteiger partial charge is 0.343 e. The molecule has 0 radical (unpaired) electrons. The van der Waals surface area contributed by atoms with Crippen molar-refractivity contribution >= 4 is 40.2 Å². The van der Waals surface area contributed by atoms with Crippen molar-refractivity contribution in [2.45, 2.75) is 49.7 Å². The minimum absolute atomic E-state index is 0.00287. The summed E-state index contributed by atoms with van der Waals surface area (Å²) < 4.78 is 18.8. The van der Waals surface area contributed by atoms with Crippen LogP contribution in [0, 0.1) is 5.92 Å². The van der Waals surface area contributed by atoms with Crippen molar-refractivity contribution in [3.05, 3.63) is 89.2 Å². The fourth-order valence-electron chi connectivity index (χ4n) is 4.09. The van der Waals surface area contributed by atoms with E-state index in [-0.39, 0.29) is 46.3 Å². The van der Waals surface area contributed by atoms with Crippen LogP contribution >= 0.6 is 11.6 Å². The monoisotopic (exact) mass is 527 g/mol. The summed E-state index contributed by atoms with van der Waals surface area (Å²) in [5, 5.41) is 4.18. The average Bonchev–Trinajstić information content (AvgIpc) is 2.87. The molecule has 6 nitrogen and oxygen atoms in total. The molecular weight excluding hydrogens is 498 g/mol. The molecule has 8 heteroatoms. The molecule has 2 aromatic rings. The normalized spacial score (nSPS) is 17.9. The third-order valence-corrected chi connectivity index (χ3v) is 7.53. The standard InChI is InChI=1S/C28H30ClNO5S/c1-4-24(30-34-18-19(2)29)27-25(31)16-21(15-20(3)36(33)23-13-9-6-10-14-23)17-26(27)35-28(32)22-11-7-5-8-12-22/h5-14,20-21H,2,4,15-18H2,1,3H3. The number of esters is 1. The number of ether oxygens (including phenoxy) is 1. The van der Waals surface area contributed by atoms with E-state index in [1.54, 1.807) is 30.3 Å². The van der Waals surface area contributed by atoms with E-state index >= 15 is 0 Å². The fraction of sp³-hybridized carbons (Fsp3) is 0.321. The van der Waals surface area contributed by atoms with Crippen LogP contribution in [-0.4, -0.2) is 33.9 Å². The zero-order valence-electron chi connectivity index (χ0n) is 20.4. The summed E-state index contributed by atoms with van der Waals surface area (Å²) in [5.74, 6) is -0.613. The molecule has 3 unspecified atom stereocenters. The number of halogens is 1. The summed E-state index contributed by atoms with van der Waals surface area (Å²) in [6, 6.07) is 17.9. The third kappa shape index (κ3) is 7.56. The number of Topliss-reactive ketones (excluding diaryl/α,β-unsaturated/α-hetero) is 1. The Bertz CT molecular complexity index is 1130. The minimum atomic E-state index is -1.22. The molecule has 190 valence electrons. The highest BCUT2D eigenvalue weighted by Gasteiger charge is 2.35. The molecule has 3 atom stereocenters. The summed E-state index contributed by atoms with van der Waals surface area (Å²) in [6.45, 7) is 7.31. The maximum atomic E-state index is 13.3. The Morgan fingerprint density at radius 3 is 2.42 bits per heavy atom. The van der Waals surface area contributed by atoms with Crippen molar-refractivity contribution < 1.29 is 23.7 Å². The summed E-state index contributed by atoms with van der Waals surface area (Å²) in [5.41, 5.74) is 1.02. The second-order valence-corrected chi connectivity index (χ2v) is 11.0. The molecule has 0 heterocycles. The van der Waals surface area contributed by atoms with Gasteiger partial charge in [0.25, 0.3) is 0 Å². The lowest BCUT2D eigenvalue weighted by Gasteiger charge is -2.28. The van der Waals surface area contributed by atoms with Gasteiger partial charge in [-0.2, -0.15) is 0 Å². The highest BCUT2D eigenvalue weighted by atomic mass is 35.5. The van der Waals surface area contributed by atoms with Gasteiger partial charge in [0.15, 0.2) is 17.3 Å². The maximum Gasteiger partial charge on any atom is 0.343 e. The minimum Gasteiger partial charge on any atom is -0.611 e. The molecule has 0 fully saturated rings. The van der Waals surface area contributed by atoms with Crippen LogP contribution < -0.4 is 0 Å². The van der Waals surface area contributed by atoms with E-state index in [2.05, 4.69) is 11.7 Å². The number of oxime groups is 1. The molecule has 0 aliphatic heterocycles. The van der Waals surface area contributed by atoms with E-state index in [1.807, 2.05) is 44.2 Å². The van der Waals surface area contributed by atoms with Gasteiger partial charge in [0.1, 0.15) is 11.0 Å². The maximum absolute atomic E-state index is 13.3. The first-order valence-corrected chi connectivity index (χ1v) is 13.4. The third-order valence-electron chi connectivity index (χ3n) is 5.76. The number of hydrogen-bond donors (Lipinski definition) is 0. The Morgan fingerprint density at radius 1 is 1.17 bits per heavy atom. The molecular formula is C28H30ClNO5S. The zero-order chi connectivity index (χ0) is 26.1. The summed E-state index contributed by atoms with van der Waals surface area (Å²) in [7, 11) is 0. The van der Waals surface area contributed by atoms with Gasteiger partial charge in [-0.15, -0.1) is 0 Å². The molecule has 0 bridgehead atoms. The largest absolute Gasteiger partial charge is 0.611 e. The van der Waals surface area contributed by atoms with Gasteiger partial charge >= 0.3 is 5.97 Å². The number of carbonyl (C=O) groups excluding carboxylic acids is 2. The van der Waals surface area contributed by atoms with Crippen LogP contribution in [0.1, 0.15) is 49.9 Å². The number of allylic oxidation sites excluding steroid dienone is 2. The first kappa shape index (κ1) is 27.7. The molecule has 0 aromatic heterocycles. The van der Waals surface area contributed by atoms with Crippen LogP contribution in [0.4, 0.5) is 0 Å². The molecule has 3 rings (SSSR count). The number of benzene rings is 2. The fourth-order valence-corrected chi connectivity index (χ4v) is 5.48. The molecule has 0 saturated heterocycles. The van der Waals surface area contributed by atoms with Gasteiger partial charge in [-0.1, -0.05) is 66.7 Å². The Labute approximate surface area is 220 Å². The zero-order valence-corrected chi connectivity index (χ0v) is 22.0. The number of rotatable bonds is 11. The molecule has 1 aliphatic rings. The van der Waals surface area contributed by atoms with Crippen molar-refractivity contribution in [1.82, 2.24) is 0 Å². The Hall–Kier alpha value is -2.87. The summed E-state index contributed by atoms with van der Waals surface area (Å²) >= 11 is 4.54. The van der Waals surface area contributed by atoms with E-state index in [4.69, 9.17) is 21.2 Å². The molecule has 2 aromatic carbocycles. The number of carbonyl (C=O) groups is 2. The van der Waals surface area contributed by atoms with Crippen molar-refractivity contribution in [2.75, 3.05) is 6.61 Å². The lowest BCUT2D eigenvalue weighted by Crippen LogP contribution is -2.30. The average molecular weight is 528 g/mol. The summed E-state index contributed by atoms with van der Waals surface area (Å²) in [6.07, 6.45) is 1.51. The van der Waals surface area contributed by atoms with Crippen LogP contribution in [0.3, 0.4) is 0 Å². The lowest BCUT2D eigenvalue weighted by atomic mass is 9.82. The van der Waals surface area contributed by atoms with Gasteiger partial charge in [-0.05, 0) is 61.1 Å². The van der Waals surface area contributed by atoms with Gasteiger partial charge in [-0.25, -0.2) is 4.79 Å². The topological polar surface area (TPSA) is 88.0 Å². The predicted octanol–water partition coefficient (Wildman–Crippen LogP) is 6.20. The first-order valence-electron chi connectivity index (χ1n) is 11.8. The van der Waals surface area contributed by atoms with Crippen molar-refractivity contribution in [1.29, 1.82) is 0 Å². The van der Waals surface area contributed by atoms with Crippen molar-refractivity contribution in [3.8, 4) is 0 Å². The van der Waals surface area contributed by atoms with Gasteiger partial charge < -0.3 is 14.1 Å². The highest BCUT2D eigenvalue weighted by molar-refractivity contribution is 7.92. The number of ketones is 1. The molecule has 36 heavy (non-hydrogen) atoms. The van der Waals surface area contributed by atoms with E-state index in [1.165, 1.54) is 0 Å². The van der Waals surface area contributed by atoms with Gasteiger partial charge in [-0.3, -0.25) is 4.79 Å². The molecule has 1 aliphatic carbocycles. The Kier molecular flexibility index (Phi) is 10.3. The van der Waals surface area contributed by atoms with Crippen LogP contribution in [0.5, 0.6) is 0 Å². The lowest BCUT2D eigenvalue weighted by molar-refractivity contribution is -0.116. The van der Waals surface area contributed by atoms with Crippen LogP contribution in [0.15, 0.2) is 93.7 Å². The van der Waals surface area contributed by atoms with Crippen LogP contribution in [-0.2, 0) is 25.5 Å². The SMILES string of the molecule is C=C(Cl)CON=C(CC)C1=C(OC(=O)c2ccccc2)CC(CC(C)[S+]([O-])c2ccccc2)CC1=O. The molecule has 0 N–H and O–H groups in total. The molecule has 0 saturated carbocycles. The van der Waals surface area contributed by atoms with Gasteiger partial charge in [0, 0.05) is 12.8 Å². The number of hydrogen-bond acceptors (Lipinski definition) is 6. The van der Waals surface area contributed by atoms with E-state index in [0.29, 0.717) is 30.5 Å². The van der Waals surface area contributed by atoms with Gasteiger partial charge in [0.05, 0.1) is 21.9 Å². The highest BCUT2D eigenvalue weighted by Crippen LogP contribution is 2.35. The van der Waals surface area contributed by atoms with Crippen molar-refractivity contribution in [2.24, 2.45) is 11.1 Å². The Balaban J connectivity index is 1.87. The quantitative estimate of drug-likeness (QED) is 0.150. The first-order chi connectivity index (χ1) is 17.3. The second kappa shape index (κ2) is 13.4. The number of nitrogens with zero attached hydrogens (tertiary/aromatic N) is 1. The van der Waals surface area contributed by atoms with E-state index in [9.17, 15) is 14.1 Å². The van der Waals surface area contributed by atoms with Crippen LogP contribution in [0.2, 0.25) is 0 Å². The molecule has 0 spiro atoms.